The first-order chi connectivity index (χ1) is 11.6. The molecule has 0 aliphatic carbocycles. The maximum Gasteiger partial charge on any atom is 0.319 e. The van der Waals surface area contributed by atoms with Gasteiger partial charge in [-0.05, 0) is 38.1 Å². The van der Waals surface area contributed by atoms with Gasteiger partial charge in [0, 0.05) is 30.7 Å². The summed E-state index contributed by atoms with van der Waals surface area (Å²) in [7, 11) is 0. The van der Waals surface area contributed by atoms with E-state index in [1.54, 1.807) is 19.1 Å². The van der Waals surface area contributed by atoms with Crippen molar-refractivity contribution in [3.8, 4) is 0 Å². The van der Waals surface area contributed by atoms with E-state index in [2.05, 4.69) is 15.2 Å². The molecule has 0 spiro atoms. The Hall–Kier alpha value is -2.76. The van der Waals surface area contributed by atoms with Crippen LogP contribution in [-0.2, 0) is 11.3 Å². The number of amides is 3. The molecule has 0 saturated heterocycles. The van der Waals surface area contributed by atoms with E-state index < -0.39 is 6.04 Å². The van der Waals surface area contributed by atoms with Gasteiger partial charge >= 0.3 is 6.03 Å². The molecule has 2 aromatic rings. The van der Waals surface area contributed by atoms with Gasteiger partial charge in [0.1, 0.15) is 6.04 Å². The van der Waals surface area contributed by atoms with Gasteiger partial charge in [0.25, 0.3) is 0 Å². The first-order valence-corrected chi connectivity index (χ1v) is 8.14. The summed E-state index contributed by atoms with van der Waals surface area (Å²) in [6, 6.07) is 12.2. The number of carbonyl (C=O) groups excluding carboxylic acids is 2. The smallest absolute Gasteiger partial charge is 0.319 e. The van der Waals surface area contributed by atoms with E-state index in [9.17, 15) is 9.59 Å². The van der Waals surface area contributed by atoms with Crippen LogP contribution in [0.5, 0.6) is 0 Å². The molecule has 0 bridgehead atoms. The Balaban J connectivity index is 1.60. The van der Waals surface area contributed by atoms with Crippen molar-refractivity contribution in [2.24, 2.45) is 0 Å². The van der Waals surface area contributed by atoms with Crippen LogP contribution in [0.25, 0.3) is 0 Å². The van der Waals surface area contributed by atoms with Crippen LogP contribution >= 0.6 is 0 Å². The number of nitrogens with one attached hydrogen (secondary N) is 2. The normalized spacial score (nSPS) is 17.8. The van der Waals surface area contributed by atoms with Gasteiger partial charge in [0.2, 0.25) is 5.91 Å². The lowest BCUT2D eigenvalue weighted by Gasteiger charge is -2.36. The van der Waals surface area contributed by atoms with Crippen molar-refractivity contribution < 1.29 is 9.59 Å². The van der Waals surface area contributed by atoms with E-state index in [4.69, 9.17) is 0 Å². The van der Waals surface area contributed by atoms with Crippen LogP contribution < -0.4 is 10.6 Å². The molecule has 6 nitrogen and oxygen atoms in total. The van der Waals surface area contributed by atoms with Gasteiger partial charge in [-0.25, -0.2) is 4.79 Å². The summed E-state index contributed by atoms with van der Waals surface area (Å²) >= 11 is 0. The molecule has 2 N–H and O–H groups in total. The number of urea groups is 1. The van der Waals surface area contributed by atoms with Crippen LogP contribution in [0.2, 0.25) is 0 Å². The van der Waals surface area contributed by atoms with Crippen LogP contribution in [0.4, 0.5) is 10.5 Å². The molecule has 0 fully saturated rings. The lowest BCUT2D eigenvalue weighted by atomic mass is 10.1. The van der Waals surface area contributed by atoms with Crippen molar-refractivity contribution in [1.29, 1.82) is 0 Å². The zero-order chi connectivity index (χ0) is 17.1. The van der Waals surface area contributed by atoms with Crippen molar-refractivity contribution in [2.45, 2.75) is 32.5 Å². The Morgan fingerprint density at radius 3 is 2.62 bits per heavy atom. The van der Waals surface area contributed by atoms with Crippen molar-refractivity contribution in [2.75, 3.05) is 11.9 Å². The van der Waals surface area contributed by atoms with Crippen LogP contribution in [0, 0.1) is 0 Å². The van der Waals surface area contributed by atoms with E-state index in [0.717, 1.165) is 12.2 Å². The molecule has 1 aromatic heterocycles. The molecule has 2 heterocycles. The minimum Gasteiger partial charge on any atom is -0.348 e. The molecule has 1 aromatic carbocycles. The summed E-state index contributed by atoms with van der Waals surface area (Å²) in [6.07, 6.45) is 2.03. The molecular weight excluding hydrogens is 304 g/mol. The molecule has 2 atom stereocenters. The fourth-order valence-corrected chi connectivity index (χ4v) is 3.08. The first-order valence-electron chi connectivity index (χ1n) is 8.14. The standard InChI is InChI=1S/C18H22N4O2/c1-13(19-18(24)20-15-7-4-3-5-8-15)17(23)22-12-11-21-10-6-9-16(21)14(22)2/h3-10,13-14H,11-12H2,1-2H3,(H2,19,20,24)/t13-,14+/m0/s1. The molecule has 3 amide bonds. The summed E-state index contributed by atoms with van der Waals surface area (Å²) in [5, 5.41) is 5.44. The number of anilines is 1. The Labute approximate surface area is 141 Å². The number of rotatable bonds is 3. The number of aromatic nitrogens is 1. The largest absolute Gasteiger partial charge is 0.348 e. The lowest BCUT2D eigenvalue weighted by molar-refractivity contribution is -0.136. The van der Waals surface area contributed by atoms with Crippen LogP contribution in [0.1, 0.15) is 25.6 Å². The zero-order valence-corrected chi connectivity index (χ0v) is 13.9. The number of fused-ring (bicyclic) bond motifs is 1. The zero-order valence-electron chi connectivity index (χ0n) is 13.9. The van der Waals surface area contributed by atoms with Gasteiger partial charge in [-0.15, -0.1) is 0 Å². The Bertz CT molecular complexity index is 726. The van der Waals surface area contributed by atoms with E-state index in [1.807, 2.05) is 48.4 Å². The quantitative estimate of drug-likeness (QED) is 0.910. The minimum atomic E-state index is -0.585. The van der Waals surface area contributed by atoms with E-state index in [0.29, 0.717) is 12.2 Å². The van der Waals surface area contributed by atoms with E-state index in [1.165, 1.54) is 0 Å². The second kappa shape index (κ2) is 6.78. The maximum absolute atomic E-state index is 12.7. The molecular formula is C18H22N4O2. The molecule has 6 heteroatoms. The molecule has 0 saturated carbocycles. The van der Waals surface area contributed by atoms with Gasteiger partial charge < -0.3 is 20.1 Å². The summed E-state index contributed by atoms with van der Waals surface area (Å²) in [5.41, 5.74) is 1.81. The molecule has 126 valence electrons. The van der Waals surface area contributed by atoms with Crippen LogP contribution in [0.3, 0.4) is 0 Å². The van der Waals surface area contributed by atoms with Gasteiger partial charge in [0.15, 0.2) is 0 Å². The summed E-state index contributed by atoms with van der Waals surface area (Å²) in [4.78, 5) is 26.6. The fraction of sp³-hybridized carbons (Fsp3) is 0.333. The van der Waals surface area contributed by atoms with Crippen molar-refractivity contribution >= 4 is 17.6 Å². The van der Waals surface area contributed by atoms with Crippen LogP contribution in [0.15, 0.2) is 48.7 Å². The van der Waals surface area contributed by atoms with Gasteiger partial charge in [-0.1, -0.05) is 18.2 Å². The highest BCUT2D eigenvalue weighted by molar-refractivity contribution is 5.93. The third kappa shape index (κ3) is 3.27. The van der Waals surface area contributed by atoms with Crippen molar-refractivity contribution in [3.63, 3.8) is 0 Å². The highest BCUT2D eigenvalue weighted by Crippen LogP contribution is 2.25. The Morgan fingerprint density at radius 2 is 1.88 bits per heavy atom. The summed E-state index contributed by atoms with van der Waals surface area (Å²) < 4.78 is 2.16. The van der Waals surface area contributed by atoms with Gasteiger partial charge in [-0.2, -0.15) is 0 Å². The predicted octanol–water partition coefficient (Wildman–Crippen LogP) is 2.60. The predicted molar refractivity (Wildman–Crippen MR) is 92.6 cm³/mol. The SMILES string of the molecule is C[C@H](NC(=O)Nc1ccccc1)C(=O)N1CCn2cccc2[C@H]1C. The van der Waals surface area contributed by atoms with Gasteiger partial charge in [0.05, 0.1) is 6.04 Å². The van der Waals surface area contributed by atoms with Gasteiger partial charge in [-0.3, -0.25) is 4.79 Å². The average molecular weight is 326 g/mol. The maximum atomic E-state index is 12.7. The molecule has 0 unspecified atom stereocenters. The summed E-state index contributed by atoms with van der Waals surface area (Å²) in [5.74, 6) is -0.0711. The molecule has 0 radical (unpaired) electrons. The van der Waals surface area contributed by atoms with E-state index in [-0.39, 0.29) is 18.0 Å². The fourth-order valence-electron chi connectivity index (χ4n) is 3.08. The Morgan fingerprint density at radius 1 is 1.12 bits per heavy atom. The minimum absolute atomic E-state index is 0.00249. The number of hydrogen-bond acceptors (Lipinski definition) is 2. The number of benzene rings is 1. The number of para-hydroxylation sites is 1. The number of hydrogen-bond donors (Lipinski definition) is 2. The molecule has 1 aliphatic rings. The van der Waals surface area contributed by atoms with Crippen LogP contribution in [-0.4, -0.2) is 34.0 Å². The highest BCUT2D eigenvalue weighted by Gasteiger charge is 2.30. The highest BCUT2D eigenvalue weighted by atomic mass is 16.2. The first kappa shape index (κ1) is 16.1. The molecule has 1 aliphatic heterocycles. The average Bonchev–Trinajstić information content (AvgIpc) is 3.05. The second-order valence-corrected chi connectivity index (χ2v) is 6.02. The number of nitrogens with zero attached hydrogens (tertiary/aromatic N) is 2. The summed E-state index contributed by atoms with van der Waals surface area (Å²) in [6.45, 7) is 5.16. The third-order valence-electron chi connectivity index (χ3n) is 4.37. The third-order valence-corrected chi connectivity index (χ3v) is 4.37. The second-order valence-electron chi connectivity index (χ2n) is 6.02. The molecule has 3 rings (SSSR count). The Kier molecular flexibility index (Phi) is 4.55. The molecule has 24 heavy (non-hydrogen) atoms. The van der Waals surface area contributed by atoms with Crippen molar-refractivity contribution in [3.05, 3.63) is 54.4 Å². The van der Waals surface area contributed by atoms with Crippen molar-refractivity contribution in [1.82, 2.24) is 14.8 Å². The van der Waals surface area contributed by atoms with E-state index >= 15 is 0 Å². The number of carbonyl (C=O) groups is 2. The lowest BCUT2D eigenvalue weighted by Crippen LogP contribution is -2.51. The monoisotopic (exact) mass is 326 g/mol. The topological polar surface area (TPSA) is 66.4 Å².